The van der Waals surface area contributed by atoms with Crippen molar-refractivity contribution < 1.29 is 14.7 Å². The molecule has 4 rings (SSSR count). The van der Waals surface area contributed by atoms with E-state index in [1.54, 1.807) is 34.7 Å². The number of thiophene rings is 1. The second-order valence-corrected chi connectivity index (χ2v) is 6.90. The highest BCUT2D eigenvalue weighted by Gasteiger charge is 2.24. The number of fused-ring (bicyclic) bond motifs is 1. The first-order valence-corrected chi connectivity index (χ1v) is 9.07. The Morgan fingerprint density at radius 2 is 1.81 bits per heavy atom. The van der Waals surface area contributed by atoms with E-state index in [-0.39, 0.29) is 11.5 Å². The van der Waals surface area contributed by atoms with Crippen LogP contribution in [0.25, 0.3) is 10.2 Å². The Morgan fingerprint density at radius 3 is 2.58 bits per heavy atom. The van der Waals surface area contributed by atoms with E-state index in [4.69, 9.17) is 5.11 Å². The third-order valence-electron chi connectivity index (χ3n) is 4.46. The van der Waals surface area contributed by atoms with Crippen LogP contribution in [0.2, 0.25) is 0 Å². The number of hydrogen-bond acceptors (Lipinski definition) is 6. The maximum Gasteiger partial charge on any atom is 0.335 e. The average Bonchev–Trinajstić information content (AvgIpc) is 3.16. The average molecular weight is 368 g/mol. The molecule has 0 spiro atoms. The van der Waals surface area contributed by atoms with Crippen molar-refractivity contribution in [2.45, 2.75) is 0 Å². The van der Waals surface area contributed by atoms with Gasteiger partial charge in [0.15, 0.2) is 0 Å². The first-order valence-electron chi connectivity index (χ1n) is 8.19. The molecule has 1 saturated heterocycles. The van der Waals surface area contributed by atoms with E-state index >= 15 is 0 Å². The SMILES string of the molecule is O=C(O)c1cccc(C(=O)N2CCN(c3ncnc4sccc34)CC2)c1. The summed E-state index contributed by atoms with van der Waals surface area (Å²) in [5.41, 5.74) is 0.524. The Balaban J connectivity index is 1.48. The highest BCUT2D eigenvalue weighted by atomic mass is 32.1. The van der Waals surface area contributed by atoms with E-state index < -0.39 is 5.97 Å². The first kappa shape index (κ1) is 16.5. The minimum Gasteiger partial charge on any atom is -0.478 e. The number of carboxylic acid groups (broad SMARTS) is 1. The van der Waals surface area contributed by atoms with Gasteiger partial charge in [-0.05, 0) is 29.6 Å². The second kappa shape index (κ2) is 6.72. The number of carbonyl (C=O) groups is 2. The molecule has 1 aliphatic heterocycles. The van der Waals surface area contributed by atoms with Crippen LogP contribution < -0.4 is 4.90 Å². The Kier molecular flexibility index (Phi) is 4.26. The molecule has 0 unspecified atom stereocenters. The van der Waals surface area contributed by atoms with Gasteiger partial charge in [0.25, 0.3) is 5.91 Å². The van der Waals surface area contributed by atoms with E-state index in [2.05, 4.69) is 14.9 Å². The van der Waals surface area contributed by atoms with E-state index in [0.717, 1.165) is 16.0 Å². The number of benzene rings is 1. The monoisotopic (exact) mass is 368 g/mol. The van der Waals surface area contributed by atoms with Crippen LogP contribution in [0.1, 0.15) is 20.7 Å². The molecular weight excluding hydrogens is 352 g/mol. The lowest BCUT2D eigenvalue weighted by Gasteiger charge is -2.35. The Morgan fingerprint density at radius 1 is 1.04 bits per heavy atom. The molecule has 3 heterocycles. The van der Waals surface area contributed by atoms with Crippen LogP contribution in [0.5, 0.6) is 0 Å². The van der Waals surface area contributed by atoms with E-state index in [1.807, 2.05) is 11.4 Å². The predicted octanol–water partition coefficient (Wildman–Crippen LogP) is 2.35. The van der Waals surface area contributed by atoms with Gasteiger partial charge in [0, 0.05) is 31.7 Å². The van der Waals surface area contributed by atoms with Crippen molar-refractivity contribution >= 4 is 39.2 Å². The fourth-order valence-electron chi connectivity index (χ4n) is 3.12. The Labute approximate surface area is 153 Å². The van der Waals surface area contributed by atoms with Crippen LogP contribution in [0.4, 0.5) is 5.82 Å². The summed E-state index contributed by atoms with van der Waals surface area (Å²) >= 11 is 1.58. The summed E-state index contributed by atoms with van der Waals surface area (Å²) in [5.74, 6) is -0.277. The molecule has 3 aromatic rings. The molecule has 0 radical (unpaired) electrons. The minimum atomic E-state index is -1.03. The van der Waals surface area contributed by atoms with Gasteiger partial charge in [-0.15, -0.1) is 11.3 Å². The zero-order valence-corrected chi connectivity index (χ0v) is 14.6. The van der Waals surface area contributed by atoms with Crippen LogP contribution in [0, 0.1) is 0 Å². The van der Waals surface area contributed by atoms with Gasteiger partial charge in [0.1, 0.15) is 17.0 Å². The number of rotatable bonds is 3. The summed E-state index contributed by atoms with van der Waals surface area (Å²) in [5, 5.41) is 12.1. The molecule has 1 aromatic carbocycles. The zero-order chi connectivity index (χ0) is 18.1. The normalized spacial score (nSPS) is 14.6. The number of aromatic carboxylic acids is 1. The molecule has 0 bridgehead atoms. The predicted molar refractivity (Wildman–Crippen MR) is 98.9 cm³/mol. The molecule has 1 fully saturated rings. The quantitative estimate of drug-likeness (QED) is 0.764. The highest BCUT2D eigenvalue weighted by molar-refractivity contribution is 7.16. The van der Waals surface area contributed by atoms with Crippen molar-refractivity contribution in [3.63, 3.8) is 0 Å². The number of carboxylic acids is 1. The fraction of sp³-hybridized carbons (Fsp3) is 0.222. The zero-order valence-electron chi connectivity index (χ0n) is 13.8. The number of aromatic nitrogens is 2. The van der Waals surface area contributed by atoms with E-state index in [0.29, 0.717) is 31.7 Å². The van der Waals surface area contributed by atoms with Crippen molar-refractivity contribution in [2.24, 2.45) is 0 Å². The summed E-state index contributed by atoms with van der Waals surface area (Å²) in [6.07, 6.45) is 1.57. The summed E-state index contributed by atoms with van der Waals surface area (Å²) in [6.45, 7) is 2.47. The third-order valence-corrected chi connectivity index (χ3v) is 5.28. The van der Waals surface area contributed by atoms with Crippen molar-refractivity contribution in [1.82, 2.24) is 14.9 Å². The van der Waals surface area contributed by atoms with Crippen LogP contribution in [-0.4, -0.2) is 58.0 Å². The summed E-state index contributed by atoms with van der Waals surface area (Å²) in [4.78, 5) is 37.3. The van der Waals surface area contributed by atoms with Gasteiger partial charge in [0.05, 0.1) is 10.9 Å². The molecule has 7 nitrogen and oxygen atoms in total. The Bertz CT molecular complexity index is 979. The number of carbonyl (C=O) groups excluding carboxylic acids is 1. The van der Waals surface area contributed by atoms with Crippen molar-refractivity contribution in [3.8, 4) is 0 Å². The number of hydrogen-bond donors (Lipinski definition) is 1. The van der Waals surface area contributed by atoms with Crippen LogP contribution >= 0.6 is 11.3 Å². The minimum absolute atomic E-state index is 0.121. The standard InChI is InChI=1S/C18H16N4O3S/c23-17(12-2-1-3-13(10-12)18(24)25)22-7-5-21(6-8-22)15-14-4-9-26-16(14)20-11-19-15/h1-4,9-11H,5-8H2,(H,24,25). The molecule has 26 heavy (non-hydrogen) atoms. The number of anilines is 1. The molecular formula is C18H16N4O3S. The van der Waals surface area contributed by atoms with Gasteiger partial charge in [-0.1, -0.05) is 6.07 Å². The lowest BCUT2D eigenvalue weighted by Crippen LogP contribution is -2.49. The molecule has 0 atom stereocenters. The molecule has 2 aromatic heterocycles. The number of amides is 1. The van der Waals surface area contributed by atoms with Crippen LogP contribution in [0.3, 0.4) is 0 Å². The lowest BCUT2D eigenvalue weighted by atomic mass is 10.1. The van der Waals surface area contributed by atoms with Gasteiger partial charge in [0.2, 0.25) is 0 Å². The molecule has 0 saturated carbocycles. The van der Waals surface area contributed by atoms with Crippen molar-refractivity contribution in [2.75, 3.05) is 31.1 Å². The summed E-state index contributed by atoms with van der Waals surface area (Å²) < 4.78 is 0. The second-order valence-electron chi connectivity index (χ2n) is 6.00. The van der Waals surface area contributed by atoms with Crippen molar-refractivity contribution in [1.29, 1.82) is 0 Å². The largest absolute Gasteiger partial charge is 0.478 e. The fourth-order valence-corrected chi connectivity index (χ4v) is 3.85. The molecule has 8 heteroatoms. The number of piperazine rings is 1. The van der Waals surface area contributed by atoms with Gasteiger partial charge >= 0.3 is 5.97 Å². The number of nitrogens with zero attached hydrogens (tertiary/aromatic N) is 4. The first-order chi connectivity index (χ1) is 12.6. The van der Waals surface area contributed by atoms with Gasteiger partial charge in [-0.2, -0.15) is 0 Å². The van der Waals surface area contributed by atoms with Gasteiger partial charge in [-0.25, -0.2) is 14.8 Å². The Hall–Kier alpha value is -3.00. The summed E-state index contributed by atoms with van der Waals surface area (Å²) in [7, 11) is 0. The highest BCUT2D eigenvalue weighted by Crippen LogP contribution is 2.27. The maximum absolute atomic E-state index is 12.7. The smallest absolute Gasteiger partial charge is 0.335 e. The lowest BCUT2D eigenvalue weighted by molar-refractivity contribution is 0.0697. The molecule has 1 aliphatic rings. The van der Waals surface area contributed by atoms with Gasteiger partial charge in [-0.3, -0.25) is 4.79 Å². The third kappa shape index (κ3) is 2.99. The van der Waals surface area contributed by atoms with E-state index in [9.17, 15) is 9.59 Å². The molecule has 0 aliphatic carbocycles. The van der Waals surface area contributed by atoms with E-state index in [1.165, 1.54) is 12.1 Å². The van der Waals surface area contributed by atoms with Crippen LogP contribution in [0.15, 0.2) is 42.0 Å². The summed E-state index contributed by atoms with van der Waals surface area (Å²) in [6, 6.07) is 8.18. The molecule has 1 N–H and O–H groups in total. The van der Waals surface area contributed by atoms with Crippen LogP contribution in [-0.2, 0) is 0 Å². The maximum atomic E-state index is 12.7. The van der Waals surface area contributed by atoms with Crippen molar-refractivity contribution in [3.05, 3.63) is 53.2 Å². The molecule has 1 amide bonds. The molecule has 132 valence electrons. The topological polar surface area (TPSA) is 86.6 Å². The van der Waals surface area contributed by atoms with Gasteiger partial charge < -0.3 is 14.9 Å².